The van der Waals surface area contributed by atoms with Crippen LogP contribution < -0.4 is 10.6 Å². The minimum Gasteiger partial charge on any atom is -0.385 e. The summed E-state index contributed by atoms with van der Waals surface area (Å²) < 4.78 is 7.60. The molecule has 2 fully saturated rings. The first-order valence-corrected chi connectivity index (χ1v) is 13.9. The molecule has 2 N–H and O–H groups in total. The van der Waals surface area contributed by atoms with Crippen LogP contribution in [0.3, 0.4) is 0 Å². The minimum atomic E-state index is -0.249. The van der Waals surface area contributed by atoms with Gasteiger partial charge in [-0.1, -0.05) is 24.3 Å². The number of nitrogens with two attached hydrogens (primary N) is 1. The Balaban J connectivity index is 1.20. The normalized spacial score (nSPS) is 18.9. The standard InChI is InChI=1S/C30H39N5O3/c1-38-18-6-17-35-27-9-3-2-8-26(27)32-30(35)23-7-4-15-33(21-23)29(37)20-24(31)19-22-11-13-25(14-12-22)34-16-5-10-28(34)36/h2-3,8-9,11-14,23-24H,4-7,10,15-21,31H2,1H3/t23-,24-/m1/s1. The van der Waals surface area contributed by atoms with E-state index in [-0.39, 0.29) is 23.8 Å². The molecule has 202 valence electrons. The van der Waals surface area contributed by atoms with Crippen molar-refractivity contribution < 1.29 is 14.3 Å². The summed E-state index contributed by atoms with van der Waals surface area (Å²) >= 11 is 0. The van der Waals surface area contributed by atoms with Crippen molar-refractivity contribution in [1.82, 2.24) is 14.5 Å². The fourth-order valence-corrected chi connectivity index (χ4v) is 5.88. The maximum absolute atomic E-state index is 13.3. The van der Waals surface area contributed by atoms with Gasteiger partial charge in [0.15, 0.2) is 0 Å². The smallest absolute Gasteiger partial charge is 0.227 e. The van der Waals surface area contributed by atoms with Crippen LogP contribution in [0.2, 0.25) is 0 Å². The number of amides is 2. The lowest BCUT2D eigenvalue weighted by atomic mass is 9.96. The number of piperidine rings is 1. The van der Waals surface area contributed by atoms with E-state index in [1.165, 1.54) is 0 Å². The van der Waals surface area contributed by atoms with Gasteiger partial charge in [0.25, 0.3) is 0 Å². The monoisotopic (exact) mass is 517 g/mol. The van der Waals surface area contributed by atoms with Crippen molar-refractivity contribution in [2.45, 2.75) is 63.5 Å². The molecule has 0 aliphatic carbocycles. The molecule has 3 heterocycles. The SMILES string of the molecule is COCCCn1c([C@@H]2CCCN(C(=O)C[C@H](N)Cc3ccc(N4CCCC4=O)cc3)C2)nc2ccccc21. The highest BCUT2D eigenvalue weighted by atomic mass is 16.5. The molecule has 0 unspecified atom stereocenters. The fraction of sp³-hybridized carbons (Fsp3) is 0.500. The Morgan fingerprint density at radius 3 is 2.71 bits per heavy atom. The minimum absolute atomic E-state index is 0.114. The van der Waals surface area contributed by atoms with E-state index in [2.05, 4.69) is 22.8 Å². The Morgan fingerprint density at radius 2 is 1.95 bits per heavy atom. The van der Waals surface area contributed by atoms with Gasteiger partial charge in [-0.05, 0) is 61.9 Å². The van der Waals surface area contributed by atoms with Crippen LogP contribution in [0.5, 0.6) is 0 Å². The third-order valence-corrected chi connectivity index (χ3v) is 7.81. The zero-order valence-corrected chi connectivity index (χ0v) is 22.3. The molecular formula is C30H39N5O3. The van der Waals surface area contributed by atoms with Crippen LogP contribution in [-0.4, -0.2) is 65.7 Å². The van der Waals surface area contributed by atoms with Gasteiger partial charge in [0, 0.05) is 70.4 Å². The molecule has 8 heteroatoms. The molecule has 0 bridgehead atoms. The zero-order valence-electron chi connectivity index (χ0n) is 22.3. The van der Waals surface area contributed by atoms with Crippen LogP contribution in [0.4, 0.5) is 5.69 Å². The number of nitrogens with zero attached hydrogens (tertiary/aromatic N) is 4. The van der Waals surface area contributed by atoms with E-state index in [9.17, 15) is 9.59 Å². The summed E-state index contributed by atoms with van der Waals surface area (Å²) in [6.07, 6.45) is 5.40. The molecule has 0 saturated carbocycles. The van der Waals surface area contributed by atoms with Crippen LogP contribution in [0.15, 0.2) is 48.5 Å². The number of hydrogen-bond donors (Lipinski definition) is 1. The first-order valence-electron chi connectivity index (χ1n) is 13.9. The number of imidazole rings is 1. The quantitative estimate of drug-likeness (QED) is 0.412. The second kappa shape index (κ2) is 12.1. The number of methoxy groups -OCH3 is 1. The number of anilines is 1. The van der Waals surface area contributed by atoms with Gasteiger partial charge < -0.3 is 24.8 Å². The summed E-state index contributed by atoms with van der Waals surface area (Å²) in [5.74, 6) is 1.58. The van der Waals surface area contributed by atoms with Gasteiger partial charge in [-0.3, -0.25) is 9.59 Å². The third kappa shape index (κ3) is 5.92. The molecule has 2 aliphatic rings. The van der Waals surface area contributed by atoms with E-state index in [1.54, 1.807) is 7.11 Å². The zero-order chi connectivity index (χ0) is 26.5. The van der Waals surface area contributed by atoms with Crippen LogP contribution in [0.1, 0.15) is 55.8 Å². The molecule has 2 atom stereocenters. The van der Waals surface area contributed by atoms with Crippen LogP contribution in [0.25, 0.3) is 11.0 Å². The van der Waals surface area contributed by atoms with Crippen LogP contribution in [0, 0.1) is 0 Å². The molecule has 1 aromatic heterocycles. The molecule has 0 radical (unpaired) electrons. The Hall–Kier alpha value is -3.23. The van der Waals surface area contributed by atoms with Gasteiger partial charge >= 0.3 is 0 Å². The van der Waals surface area contributed by atoms with Crippen molar-refractivity contribution >= 4 is 28.5 Å². The molecule has 3 aromatic rings. The average Bonchev–Trinajstić information content (AvgIpc) is 3.53. The number of ether oxygens (including phenoxy) is 1. The fourth-order valence-electron chi connectivity index (χ4n) is 5.88. The van der Waals surface area contributed by atoms with Crippen LogP contribution in [-0.2, 0) is 27.3 Å². The topological polar surface area (TPSA) is 93.7 Å². The van der Waals surface area contributed by atoms with Gasteiger partial charge in [0.2, 0.25) is 11.8 Å². The van der Waals surface area contributed by atoms with Crippen molar-refractivity contribution in [1.29, 1.82) is 0 Å². The van der Waals surface area contributed by atoms with Gasteiger partial charge in [-0.2, -0.15) is 0 Å². The lowest BCUT2D eigenvalue weighted by molar-refractivity contribution is -0.132. The van der Waals surface area contributed by atoms with E-state index in [0.717, 1.165) is 73.4 Å². The molecular weight excluding hydrogens is 478 g/mol. The molecule has 0 spiro atoms. The van der Waals surface area contributed by atoms with Crippen molar-refractivity contribution in [2.24, 2.45) is 5.73 Å². The number of carbonyl (C=O) groups excluding carboxylic acids is 2. The number of aryl methyl sites for hydroxylation is 1. The van der Waals surface area contributed by atoms with Crippen molar-refractivity contribution in [3.05, 3.63) is 59.9 Å². The number of carbonyl (C=O) groups is 2. The molecule has 2 aromatic carbocycles. The highest BCUT2D eigenvalue weighted by Crippen LogP contribution is 2.30. The third-order valence-electron chi connectivity index (χ3n) is 7.81. The lowest BCUT2D eigenvalue weighted by Gasteiger charge is -2.33. The van der Waals surface area contributed by atoms with E-state index in [4.69, 9.17) is 15.5 Å². The molecule has 2 saturated heterocycles. The van der Waals surface area contributed by atoms with Crippen molar-refractivity contribution in [3.8, 4) is 0 Å². The second-order valence-corrected chi connectivity index (χ2v) is 10.6. The largest absolute Gasteiger partial charge is 0.385 e. The van der Waals surface area contributed by atoms with Gasteiger partial charge in [0.1, 0.15) is 5.82 Å². The first kappa shape index (κ1) is 26.4. The molecule has 8 nitrogen and oxygen atoms in total. The number of aromatic nitrogens is 2. The highest BCUT2D eigenvalue weighted by molar-refractivity contribution is 5.95. The number of benzene rings is 2. The van der Waals surface area contributed by atoms with E-state index in [0.29, 0.717) is 32.4 Å². The molecule has 2 amide bonds. The van der Waals surface area contributed by atoms with E-state index < -0.39 is 0 Å². The molecule has 2 aliphatic heterocycles. The number of fused-ring (bicyclic) bond motifs is 1. The summed E-state index contributed by atoms with van der Waals surface area (Å²) in [5, 5.41) is 0. The van der Waals surface area contributed by atoms with Gasteiger partial charge in [-0.25, -0.2) is 4.98 Å². The Bertz CT molecular complexity index is 1250. The van der Waals surface area contributed by atoms with Gasteiger partial charge in [-0.15, -0.1) is 0 Å². The summed E-state index contributed by atoms with van der Waals surface area (Å²) in [7, 11) is 1.73. The van der Waals surface area contributed by atoms with Crippen molar-refractivity contribution in [3.63, 3.8) is 0 Å². The number of likely N-dealkylation sites (tertiary alicyclic amines) is 1. The van der Waals surface area contributed by atoms with Gasteiger partial charge in [0.05, 0.1) is 11.0 Å². The average molecular weight is 518 g/mol. The highest BCUT2D eigenvalue weighted by Gasteiger charge is 2.29. The number of rotatable bonds is 10. The number of hydrogen-bond acceptors (Lipinski definition) is 5. The van der Waals surface area contributed by atoms with E-state index >= 15 is 0 Å². The molecule has 5 rings (SSSR count). The predicted molar refractivity (Wildman–Crippen MR) is 149 cm³/mol. The van der Waals surface area contributed by atoms with Crippen molar-refractivity contribution in [2.75, 3.05) is 38.3 Å². The predicted octanol–water partition coefficient (Wildman–Crippen LogP) is 3.87. The Labute approximate surface area is 224 Å². The summed E-state index contributed by atoms with van der Waals surface area (Å²) in [4.78, 5) is 34.1. The van der Waals surface area contributed by atoms with E-state index in [1.807, 2.05) is 40.1 Å². The molecule has 38 heavy (non-hydrogen) atoms. The lowest BCUT2D eigenvalue weighted by Crippen LogP contribution is -2.42. The second-order valence-electron chi connectivity index (χ2n) is 10.6. The Morgan fingerprint density at radius 1 is 1.13 bits per heavy atom. The summed E-state index contributed by atoms with van der Waals surface area (Å²) in [6.45, 7) is 3.79. The van der Waals surface area contributed by atoms with Crippen LogP contribution >= 0.6 is 0 Å². The summed E-state index contributed by atoms with van der Waals surface area (Å²) in [6, 6.07) is 16.0. The number of para-hydroxylation sites is 2. The summed E-state index contributed by atoms with van der Waals surface area (Å²) in [5.41, 5.74) is 10.6. The first-order chi connectivity index (χ1) is 18.5. The maximum atomic E-state index is 13.3. The Kier molecular flexibility index (Phi) is 8.39. The maximum Gasteiger partial charge on any atom is 0.227 e.